The maximum absolute atomic E-state index is 13.1. The van der Waals surface area contributed by atoms with E-state index >= 15 is 0 Å². The summed E-state index contributed by atoms with van der Waals surface area (Å²) in [5.41, 5.74) is 2.84. The number of carbonyl (C=O) groups excluding carboxylic acids is 1. The Bertz CT molecular complexity index is 1190. The monoisotopic (exact) mass is 408 g/mol. The molecule has 1 N–H and O–H groups in total. The number of rotatable bonds is 5. The highest BCUT2D eigenvalue weighted by Crippen LogP contribution is 2.43. The molecule has 0 fully saturated rings. The van der Waals surface area contributed by atoms with Crippen molar-refractivity contribution in [1.29, 1.82) is 0 Å². The van der Waals surface area contributed by atoms with Crippen molar-refractivity contribution in [2.24, 2.45) is 0 Å². The molecule has 2 heterocycles. The molecule has 1 aromatic heterocycles. The van der Waals surface area contributed by atoms with Gasteiger partial charge in [0.2, 0.25) is 0 Å². The second kappa shape index (κ2) is 7.86. The summed E-state index contributed by atoms with van der Waals surface area (Å²) in [5.74, 6) is 0.778. The van der Waals surface area contributed by atoms with Crippen molar-refractivity contribution >= 4 is 16.8 Å². The second-order valence-electron chi connectivity index (χ2n) is 7.63. The molecule has 4 rings (SSSR count). The molecule has 0 saturated carbocycles. The average Bonchev–Trinajstić information content (AvgIpc) is 2.71. The van der Waals surface area contributed by atoms with Crippen molar-refractivity contribution < 1.29 is 23.8 Å². The maximum atomic E-state index is 13.1. The van der Waals surface area contributed by atoms with E-state index in [9.17, 15) is 14.7 Å². The minimum Gasteiger partial charge on any atom is -0.504 e. The summed E-state index contributed by atoms with van der Waals surface area (Å²) in [4.78, 5) is 25.2. The first-order chi connectivity index (χ1) is 14.4. The number of benzene rings is 2. The molecule has 1 atom stereocenters. The van der Waals surface area contributed by atoms with Crippen molar-refractivity contribution in [2.45, 2.75) is 45.6 Å². The molecule has 6 nitrogen and oxygen atoms in total. The first-order valence-corrected chi connectivity index (χ1v) is 10.1. The van der Waals surface area contributed by atoms with E-state index in [-0.39, 0.29) is 18.0 Å². The van der Waals surface area contributed by atoms with Crippen LogP contribution in [0.5, 0.6) is 17.2 Å². The molecule has 0 spiro atoms. The predicted molar refractivity (Wildman–Crippen MR) is 113 cm³/mol. The lowest BCUT2D eigenvalue weighted by Crippen LogP contribution is -2.22. The molecule has 30 heavy (non-hydrogen) atoms. The molecule has 0 saturated heterocycles. The van der Waals surface area contributed by atoms with Gasteiger partial charge in [0.25, 0.3) is 0 Å². The smallest absolute Gasteiger partial charge is 0.336 e. The Labute approximate surface area is 174 Å². The van der Waals surface area contributed by atoms with Crippen LogP contribution in [0.2, 0.25) is 0 Å². The Kier molecular flexibility index (Phi) is 5.24. The lowest BCUT2D eigenvalue weighted by atomic mass is 9.90. The van der Waals surface area contributed by atoms with Gasteiger partial charge in [-0.1, -0.05) is 19.4 Å². The van der Waals surface area contributed by atoms with Crippen LogP contribution in [0.15, 0.2) is 39.5 Å². The highest BCUT2D eigenvalue weighted by Gasteiger charge is 2.32. The fourth-order valence-corrected chi connectivity index (χ4v) is 4.06. The van der Waals surface area contributed by atoms with Crippen LogP contribution in [0.25, 0.3) is 11.0 Å². The molecule has 0 bridgehead atoms. The van der Waals surface area contributed by atoms with E-state index in [1.54, 1.807) is 18.2 Å². The Morgan fingerprint density at radius 3 is 2.73 bits per heavy atom. The zero-order valence-electron chi connectivity index (χ0n) is 17.3. The van der Waals surface area contributed by atoms with Crippen LogP contribution in [0.3, 0.4) is 0 Å². The number of phenols is 1. The molecule has 0 radical (unpaired) electrons. The lowest BCUT2D eigenvalue weighted by molar-refractivity contribution is 0.0852. The zero-order chi connectivity index (χ0) is 21.4. The second-order valence-corrected chi connectivity index (χ2v) is 7.63. The van der Waals surface area contributed by atoms with Gasteiger partial charge in [-0.05, 0) is 54.7 Å². The van der Waals surface area contributed by atoms with Crippen LogP contribution >= 0.6 is 0 Å². The summed E-state index contributed by atoms with van der Waals surface area (Å²) < 4.78 is 17.0. The predicted octanol–water partition coefficient (Wildman–Crippen LogP) is 4.86. The van der Waals surface area contributed by atoms with Crippen LogP contribution in [-0.4, -0.2) is 18.0 Å². The number of phenolic OH excluding ortho intramolecular Hbond substituents is 1. The van der Waals surface area contributed by atoms with Crippen LogP contribution in [-0.2, 0) is 6.42 Å². The summed E-state index contributed by atoms with van der Waals surface area (Å²) in [6.45, 7) is 3.91. The molecule has 0 aliphatic carbocycles. The minimum absolute atomic E-state index is 0.0220. The van der Waals surface area contributed by atoms with Gasteiger partial charge in [-0.25, -0.2) is 4.79 Å². The Morgan fingerprint density at radius 2 is 2.00 bits per heavy atom. The van der Waals surface area contributed by atoms with Crippen LogP contribution in [0, 0.1) is 6.92 Å². The van der Waals surface area contributed by atoms with E-state index in [1.165, 1.54) is 19.2 Å². The fourth-order valence-electron chi connectivity index (χ4n) is 4.06. The Hall–Kier alpha value is -3.28. The number of fused-ring (bicyclic) bond motifs is 3. The van der Waals surface area contributed by atoms with Crippen molar-refractivity contribution in [2.75, 3.05) is 7.11 Å². The van der Waals surface area contributed by atoms with Gasteiger partial charge in [-0.15, -0.1) is 0 Å². The molecular formula is C24H24O6. The number of unbranched alkanes of at least 4 members (excludes halogenated alkanes) is 1. The van der Waals surface area contributed by atoms with Crippen molar-refractivity contribution in [3.8, 4) is 17.2 Å². The van der Waals surface area contributed by atoms with E-state index in [0.29, 0.717) is 34.5 Å². The summed E-state index contributed by atoms with van der Waals surface area (Å²) >= 11 is 0. The molecule has 1 aliphatic heterocycles. The average molecular weight is 408 g/mol. The third-order valence-electron chi connectivity index (χ3n) is 5.55. The van der Waals surface area contributed by atoms with Gasteiger partial charge < -0.3 is 19.0 Å². The molecule has 3 aromatic rings. The quantitative estimate of drug-likeness (QED) is 0.607. The van der Waals surface area contributed by atoms with E-state index in [0.717, 1.165) is 29.5 Å². The topological polar surface area (TPSA) is 86.0 Å². The maximum Gasteiger partial charge on any atom is 0.336 e. The van der Waals surface area contributed by atoms with Crippen molar-refractivity contribution in [1.82, 2.24) is 0 Å². The molecule has 2 aromatic carbocycles. The normalized spacial score (nSPS) is 15.7. The van der Waals surface area contributed by atoms with Gasteiger partial charge in [0, 0.05) is 6.07 Å². The first kappa shape index (κ1) is 20.0. The number of carbonyl (C=O) groups is 1. The number of aromatic hydroxyl groups is 1. The van der Waals surface area contributed by atoms with Gasteiger partial charge in [0.1, 0.15) is 17.4 Å². The van der Waals surface area contributed by atoms with E-state index < -0.39 is 11.7 Å². The molecule has 6 heteroatoms. The number of ether oxygens (including phenoxy) is 2. The van der Waals surface area contributed by atoms with Crippen LogP contribution in [0.1, 0.15) is 59.3 Å². The highest BCUT2D eigenvalue weighted by atomic mass is 16.5. The number of hydrogen-bond acceptors (Lipinski definition) is 6. The van der Waals surface area contributed by atoms with Crippen LogP contribution in [0.4, 0.5) is 0 Å². The van der Waals surface area contributed by atoms with Gasteiger partial charge in [-0.2, -0.15) is 0 Å². The number of Topliss-reactive ketones (excluding diaryl/α,β-unsaturated/α-hetero) is 1. The van der Waals surface area contributed by atoms with Gasteiger partial charge >= 0.3 is 5.63 Å². The number of aryl methyl sites for hydroxylation is 2. The van der Waals surface area contributed by atoms with Crippen LogP contribution < -0.4 is 15.1 Å². The Balaban J connectivity index is 1.89. The van der Waals surface area contributed by atoms with Gasteiger partial charge in [-0.3, -0.25) is 4.79 Å². The van der Waals surface area contributed by atoms with E-state index in [4.69, 9.17) is 13.9 Å². The summed E-state index contributed by atoms with van der Waals surface area (Å²) in [6.07, 6.45) is 2.23. The third-order valence-corrected chi connectivity index (χ3v) is 5.55. The Morgan fingerprint density at radius 1 is 1.20 bits per heavy atom. The molecule has 156 valence electrons. The fraction of sp³-hybridized carbons (Fsp3) is 0.333. The summed E-state index contributed by atoms with van der Waals surface area (Å²) in [5, 5.41) is 10.6. The molecule has 0 amide bonds. The van der Waals surface area contributed by atoms with Gasteiger partial charge in [0.05, 0.1) is 24.5 Å². The third kappa shape index (κ3) is 3.43. The van der Waals surface area contributed by atoms with Crippen molar-refractivity contribution in [3.63, 3.8) is 0 Å². The molecule has 1 aliphatic rings. The lowest BCUT2D eigenvalue weighted by Gasteiger charge is -2.28. The standard InChI is InChI=1S/C24H24O6/c1-4-5-6-15-11-21(27)29-20-9-13(2)22-17(26)12-18(30-24(22)23(15)20)14-7-8-16(25)19(10-14)28-3/h7-11,18,25H,4-6,12H2,1-3H3/t18-/m1/s1. The number of hydrogen-bond donors (Lipinski definition) is 1. The minimum atomic E-state index is -0.532. The number of methoxy groups -OCH3 is 1. The summed E-state index contributed by atoms with van der Waals surface area (Å²) in [6, 6.07) is 8.16. The number of ketones is 1. The SMILES string of the molecule is CCCCc1cc(=O)oc2cc(C)c3c(c12)O[C@@H](c1ccc(O)c(OC)c1)CC3=O. The van der Waals surface area contributed by atoms with E-state index in [1.807, 2.05) is 6.92 Å². The van der Waals surface area contributed by atoms with E-state index in [2.05, 4.69) is 6.92 Å². The highest BCUT2D eigenvalue weighted by molar-refractivity contribution is 6.07. The van der Waals surface area contributed by atoms with Crippen molar-refractivity contribution in [3.05, 3.63) is 63.0 Å². The zero-order valence-corrected chi connectivity index (χ0v) is 17.3. The molecular weight excluding hydrogens is 384 g/mol. The largest absolute Gasteiger partial charge is 0.504 e. The van der Waals surface area contributed by atoms with Gasteiger partial charge in [0.15, 0.2) is 17.3 Å². The molecule has 0 unspecified atom stereocenters. The summed E-state index contributed by atoms with van der Waals surface area (Å²) in [7, 11) is 1.47. The first-order valence-electron chi connectivity index (χ1n) is 10.1.